The molecule has 35 heavy (non-hydrogen) atoms. The standard InChI is InChI=1S/C15H14N2O.C15H13NO/c1-10-3-2-4-13-12(10)6-5-11-7-8-16-9-14(11)15(13)17-18;1-10-3-2-4-13-12(10)6-5-11-7-8-16-9-14(11)15(13)17/h2-4,7-9,18H,5-6H2,1H3;2-4,7-9H,5-6H2,1H3. The second-order valence-electron chi connectivity index (χ2n) is 9.05. The molecule has 0 amide bonds. The number of nitrogens with zero attached hydrogens (tertiary/aromatic N) is 3. The Morgan fingerprint density at radius 2 is 1.23 bits per heavy atom. The lowest BCUT2D eigenvalue weighted by Gasteiger charge is -2.09. The minimum Gasteiger partial charge on any atom is -0.410 e. The smallest absolute Gasteiger partial charge is 0.195 e. The predicted molar refractivity (Wildman–Crippen MR) is 137 cm³/mol. The van der Waals surface area contributed by atoms with Gasteiger partial charge in [0.1, 0.15) is 5.71 Å². The summed E-state index contributed by atoms with van der Waals surface area (Å²) in [4.78, 5) is 20.6. The molecule has 0 radical (unpaired) electrons. The van der Waals surface area contributed by atoms with Crippen molar-refractivity contribution in [3.63, 3.8) is 0 Å². The fraction of sp³-hybridized carbons (Fsp3) is 0.200. The van der Waals surface area contributed by atoms with Crippen molar-refractivity contribution in [3.8, 4) is 0 Å². The molecule has 0 saturated carbocycles. The molecule has 2 heterocycles. The van der Waals surface area contributed by atoms with E-state index in [4.69, 9.17) is 0 Å². The van der Waals surface area contributed by atoms with Gasteiger partial charge in [-0.25, -0.2) is 0 Å². The van der Waals surface area contributed by atoms with Crippen molar-refractivity contribution in [2.75, 3.05) is 0 Å². The average molecular weight is 462 g/mol. The van der Waals surface area contributed by atoms with E-state index in [0.29, 0.717) is 5.71 Å². The van der Waals surface area contributed by atoms with Crippen LogP contribution in [0, 0.1) is 13.8 Å². The molecular formula is C30H27N3O2. The molecule has 2 aliphatic rings. The van der Waals surface area contributed by atoms with Gasteiger partial charge in [-0.15, -0.1) is 0 Å². The largest absolute Gasteiger partial charge is 0.410 e. The van der Waals surface area contributed by atoms with E-state index >= 15 is 0 Å². The quantitative estimate of drug-likeness (QED) is 0.280. The highest BCUT2D eigenvalue weighted by Crippen LogP contribution is 2.27. The summed E-state index contributed by atoms with van der Waals surface area (Å²) in [6.45, 7) is 4.17. The second kappa shape index (κ2) is 9.63. The van der Waals surface area contributed by atoms with Gasteiger partial charge in [0.05, 0.1) is 0 Å². The lowest BCUT2D eigenvalue weighted by atomic mass is 9.96. The van der Waals surface area contributed by atoms with Crippen LogP contribution in [0.25, 0.3) is 0 Å². The Morgan fingerprint density at radius 3 is 1.86 bits per heavy atom. The summed E-state index contributed by atoms with van der Waals surface area (Å²) in [5, 5.41) is 12.9. The summed E-state index contributed by atoms with van der Waals surface area (Å²) in [6, 6.07) is 16.0. The van der Waals surface area contributed by atoms with Gasteiger partial charge in [0.15, 0.2) is 5.78 Å². The first kappa shape index (κ1) is 22.7. The summed E-state index contributed by atoms with van der Waals surface area (Å²) in [5.74, 6) is 0.115. The monoisotopic (exact) mass is 461 g/mol. The fourth-order valence-corrected chi connectivity index (χ4v) is 5.12. The summed E-state index contributed by atoms with van der Waals surface area (Å²) < 4.78 is 0. The molecule has 5 nitrogen and oxygen atoms in total. The number of carbonyl (C=O) groups excluding carboxylic acids is 1. The van der Waals surface area contributed by atoms with Crippen LogP contribution >= 0.6 is 0 Å². The molecular weight excluding hydrogens is 434 g/mol. The molecule has 0 atom stereocenters. The zero-order chi connectivity index (χ0) is 24.4. The van der Waals surface area contributed by atoms with E-state index in [1.165, 1.54) is 27.8 Å². The number of pyridine rings is 2. The van der Waals surface area contributed by atoms with Crippen LogP contribution in [0.2, 0.25) is 0 Å². The van der Waals surface area contributed by atoms with Crippen LogP contribution in [0.5, 0.6) is 0 Å². The average Bonchev–Trinajstić information content (AvgIpc) is 3.14. The lowest BCUT2D eigenvalue weighted by Crippen LogP contribution is -2.07. The Kier molecular flexibility index (Phi) is 6.23. The van der Waals surface area contributed by atoms with E-state index in [2.05, 4.69) is 41.1 Å². The number of ketones is 1. The molecule has 0 aliphatic heterocycles. The number of hydrogen-bond acceptors (Lipinski definition) is 5. The number of fused-ring (bicyclic) bond motifs is 4. The molecule has 0 unspecified atom stereocenters. The van der Waals surface area contributed by atoms with E-state index in [9.17, 15) is 10.0 Å². The van der Waals surface area contributed by atoms with Gasteiger partial charge >= 0.3 is 0 Å². The highest BCUT2D eigenvalue weighted by molar-refractivity contribution is 6.14. The van der Waals surface area contributed by atoms with Gasteiger partial charge in [-0.2, -0.15) is 0 Å². The molecule has 2 aromatic carbocycles. The molecule has 1 N–H and O–H groups in total. The fourth-order valence-electron chi connectivity index (χ4n) is 5.12. The van der Waals surface area contributed by atoms with E-state index in [0.717, 1.165) is 53.5 Å². The highest BCUT2D eigenvalue weighted by atomic mass is 16.4. The third-order valence-electron chi connectivity index (χ3n) is 7.03. The molecule has 2 aromatic heterocycles. The van der Waals surface area contributed by atoms with Gasteiger partial charge < -0.3 is 5.21 Å². The van der Waals surface area contributed by atoms with Crippen molar-refractivity contribution in [1.29, 1.82) is 0 Å². The van der Waals surface area contributed by atoms with E-state index in [1.54, 1.807) is 24.8 Å². The van der Waals surface area contributed by atoms with Crippen LogP contribution in [-0.4, -0.2) is 26.7 Å². The maximum absolute atomic E-state index is 12.4. The third kappa shape index (κ3) is 4.26. The molecule has 0 fully saturated rings. The van der Waals surface area contributed by atoms with Gasteiger partial charge in [0.25, 0.3) is 0 Å². The summed E-state index contributed by atoms with van der Waals surface area (Å²) in [5.41, 5.74) is 11.4. The maximum Gasteiger partial charge on any atom is 0.195 e. The zero-order valence-electron chi connectivity index (χ0n) is 20.0. The van der Waals surface area contributed by atoms with Gasteiger partial charge in [-0.05, 0) is 85.0 Å². The van der Waals surface area contributed by atoms with Crippen molar-refractivity contribution >= 4 is 11.5 Å². The number of oxime groups is 1. The Morgan fingerprint density at radius 1 is 0.686 bits per heavy atom. The molecule has 174 valence electrons. The van der Waals surface area contributed by atoms with Crippen molar-refractivity contribution in [1.82, 2.24) is 9.97 Å². The number of aryl methyl sites for hydroxylation is 4. The van der Waals surface area contributed by atoms with Gasteiger partial charge in [-0.1, -0.05) is 41.6 Å². The third-order valence-corrected chi connectivity index (χ3v) is 7.03. The summed E-state index contributed by atoms with van der Waals surface area (Å²) in [6.07, 6.45) is 10.8. The number of benzene rings is 2. The molecule has 0 saturated heterocycles. The lowest BCUT2D eigenvalue weighted by molar-refractivity contribution is 0.103. The first-order valence-electron chi connectivity index (χ1n) is 11.9. The Labute approximate surface area is 205 Å². The minimum absolute atomic E-state index is 0.115. The van der Waals surface area contributed by atoms with Crippen LogP contribution < -0.4 is 0 Å². The topological polar surface area (TPSA) is 75.4 Å². The Balaban J connectivity index is 0.000000145. The molecule has 0 spiro atoms. The Hall–Kier alpha value is -4.12. The molecule has 5 heteroatoms. The van der Waals surface area contributed by atoms with Crippen molar-refractivity contribution in [2.45, 2.75) is 39.5 Å². The maximum atomic E-state index is 12.4. The molecule has 6 rings (SSSR count). The van der Waals surface area contributed by atoms with Crippen LogP contribution in [0.1, 0.15) is 60.4 Å². The van der Waals surface area contributed by atoms with Crippen LogP contribution in [0.4, 0.5) is 0 Å². The first-order valence-corrected chi connectivity index (χ1v) is 11.9. The summed E-state index contributed by atoms with van der Waals surface area (Å²) >= 11 is 0. The minimum atomic E-state index is 0.115. The van der Waals surface area contributed by atoms with E-state index in [1.807, 2.05) is 36.4 Å². The van der Waals surface area contributed by atoms with E-state index in [-0.39, 0.29) is 5.78 Å². The number of aromatic nitrogens is 2. The molecule has 0 bridgehead atoms. The highest BCUT2D eigenvalue weighted by Gasteiger charge is 2.22. The summed E-state index contributed by atoms with van der Waals surface area (Å²) in [7, 11) is 0. The van der Waals surface area contributed by atoms with Gasteiger partial charge in [0, 0.05) is 47.0 Å². The van der Waals surface area contributed by atoms with E-state index < -0.39 is 0 Å². The van der Waals surface area contributed by atoms with Crippen LogP contribution in [0.3, 0.4) is 0 Å². The van der Waals surface area contributed by atoms with Crippen LogP contribution in [-0.2, 0) is 25.7 Å². The first-order chi connectivity index (χ1) is 17.1. The normalized spacial score (nSPS) is 14.9. The molecule has 2 aliphatic carbocycles. The van der Waals surface area contributed by atoms with Crippen LogP contribution in [0.15, 0.2) is 78.5 Å². The number of hydrogen-bond donors (Lipinski definition) is 1. The predicted octanol–water partition coefficient (Wildman–Crippen LogP) is 5.43. The van der Waals surface area contributed by atoms with Crippen molar-refractivity contribution < 1.29 is 10.0 Å². The van der Waals surface area contributed by atoms with Gasteiger partial charge in [0.2, 0.25) is 0 Å². The number of rotatable bonds is 0. The van der Waals surface area contributed by atoms with Crippen molar-refractivity contribution in [2.24, 2.45) is 5.16 Å². The SMILES string of the molecule is Cc1cccc2c1CCc1ccncc1C2=NO.Cc1cccc2c1CCc1ccncc1C2=O. The Bertz CT molecular complexity index is 1460. The second-order valence-corrected chi connectivity index (χ2v) is 9.05. The van der Waals surface area contributed by atoms with Crippen molar-refractivity contribution in [3.05, 3.63) is 129 Å². The number of carbonyl (C=O) groups is 1. The zero-order valence-corrected chi connectivity index (χ0v) is 20.0. The van der Waals surface area contributed by atoms with Gasteiger partial charge in [-0.3, -0.25) is 14.8 Å². The molecule has 4 aromatic rings.